The number of carbonyl (C=O) groups excluding carboxylic acids is 7. The van der Waals surface area contributed by atoms with Crippen molar-refractivity contribution >= 4 is 76.5 Å². The molecule has 1 aliphatic heterocycles. The summed E-state index contributed by atoms with van der Waals surface area (Å²) in [5.74, 6) is -7.48. The van der Waals surface area contributed by atoms with E-state index in [0.717, 1.165) is 13.8 Å². The van der Waals surface area contributed by atoms with Crippen molar-refractivity contribution in [3.05, 3.63) is 119 Å². The van der Waals surface area contributed by atoms with Crippen LogP contribution in [0.2, 0.25) is 0 Å². The number of alkyl halides is 3. The third-order valence-corrected chi connectivity index (χ3v) is 14.4. The second kappa shape index (κ2) is 19.9. The summed E-state index contributed by atoms with van der Waals surface area (Å²) in [6.07, 6.45) is -12.9. The second-order valence-electron chi connectivity index (χ2n) is 18.6. The summed E-state index contributed by atoms with van der Waals surface area (Å²) >= 11 is 17.6. The highest BCUT2D eigenvalue weighted by Gasteiger charge is 2.79. The molecule has 70 heavy (non-hydrogen) atoms. The molecule has 0 aromatic heterocycles. The van der Waals surface area contributed by atoms with Crippen LogP contribution in [-0.2, 0) is 52.3 Å². The molecule has 374 valence electrons. The van der Waals surface area contributed by atoms with Crippen molar-refractivity contribution in [2.45, 2.75) is 112 Å². The first-order valence-corrected chi connectivity index (χ1v) is 23.4. The Morgan fingerprint density at radius 1 is 0.829 bits per heavy atom. The van der Waals surface area contributed by atoms with Crippen LogP contribution in [0.4, 0.5) is 4.79 Å². The van der Waals surface area contributed by atoms with Gasteiger partial charge in [0.05, 0.1) is 29.5 Å². The first-order valence-electron chi connectivity index (χ1n) is 22.3. The predicted molar refractivity (Wildman–Crippen MR) is 248 cm³/mol. The molecule has 3 N–H and O–H groups in total. The number of fused-ring (bicyclic) bond motifs is 5. The molecule has 0 radical (unpaired) electrons. The molecular weight excluding hydrogens is 977 g/mol. The lowest BCUT2D eigenvalue weighted by Gasteiger charge is -2.67. The molecule has 4 aliphatic rings. The highest BCUT2D eigenvalue weighted by molar-refractivity contribution is 6.67. The zero-order chi connectivity index (χ0) is 51.1. The molecule has 2 saturated carbocycles. The van der Waals surface area contributed by atoms with E-state index in [1.165, 1.54) is 39.8 Å². The molecule has 11 atom stereocenters. The van der Waals surface area contributed by atoms with Gasteiger partial charge in [-0.3, -0.25) is 19.2 Å². The Bertz CT molecular complexity index is 2560. The van der Waals surface area contributed by atoms with Crippen LogP contribution in [0, 0.1) is 16.7 Å². The lowest BCUT2D eigenvalue weighted by Crippen LogP contribution is -2.82. The van der Waals surface area contributed by atoms with Crippen LogP contribution in [0.1, 0.15) is 86.7 Å². The molecular formula is C50H52Cl3NO16. The summed E-state index contributed by atoms with van der Waals surface area (Å²) in [5.41, 5.74) is -7.97. The number of Topliss-reactive ketones (excluding diaryl/α,β-unsaturated/α-hetero) is 1. The van der Waals surface area contributed by atoms with Crippen molar-refractivity contribution in [2.75, 3.05) is 13.2 Å². The lowest BCUT2D eigenvalue weighted by molar-refractivity contribution is -0.346. The molecule has 1 heterocycles. The summed E-state index contributed by atoms with van der Waals surface area (Å²) < 4.78 is 39.6. The van der Waals surface area contributed by atoms with Gasteiger partial charge < -0.3 is 48.7 Å². The van der Waals surface area contributed by atoms with Gasteiger partial charge in [-0.05, 0) is 54.8 Å². The Morgan fingerprint density at radius 3 is 1.96 bits per heavy atom. The van der Waals surface area contributed by atoms with Crippen LogP contribution >= 0.6 is 34.8 Å². The monoisotopic (exact) mass is 1030 g/mol. The molecule has 1 amide bonds. The van der Waals surface area contributed by atoms with E-state index < -0.39 is 136 Å². The third-order valence-electron chi connectivity index (χ3n) is 14.0. The summed E-state index contributed by atoms with van der Waals surface area (Å²) in [6.45, 7) is 6.75. The summed E-state index contributed by atoms with van der Waals surface area (Å²) in [5, 5.41) is 28.5. The lowest BCUT2D eigenvalue weighted by atomic mass is 9.44. The van der Waals surface area contributed by atoms with Crippen LogP contribution in [0.15, 0.2) is 102 Å². The SMILES string of the molecule is CC(=O)OC1C(=O)[C@]2(C)C(OC(=O)OCC(Cl)(Cl)Cl)C[C@@H]3OC[C@@]3(OC(C)=O)[C@@H]2C(OC(=O)c2ccccc2)[C@]2(O)CC(OC(=O)C(O)C(NC(=O)c3ccccc3)c3ccccc3)C(C)=C1C2(C)C. The van der Waals surface area contributed by atoms with Gasteiger partial charge in [0.1, 0.15) is 36.6 Å². The standard InChI is InChI=1S/C50H52Cl3NO16/c1-26-32(67-44(61)37(57)36(29-16-10-7-11-17-29)54-42(59)30-18-12-8-13-19-30)23-49(63)41(69-43(60)31-20-14-9-15-21-31)39-47(6,40(58)38(66-27(2)55)35(26)46(49,4)5)33(68-45(62)65-25-50(51,52)53)22-34-48(39,24-64-34)70-28(3)56/h7-21,32-34,36-39,41,57,63H,22-25H2,1-6H3,(H,54,59)/t32?,33?,34-,36?,37?,38?,39+,41?,47+,48-,49+/m0/s1. The molecule has 7 rings (SSSR count). The van der Waals surface area contributed by atoms with Gasteiger partial charge in [0, 0.05) is 37.7 Å². The predicted octanol–water partition coefficient (Wildman–Crippen LogP) is 6.27. The van der Waals surface area contributed by atoms with Gasteiger partial charge in [-0.1, -0.05) is 115 Å². The first kappa shape index (κ1) is 52.3. The fourth-order valence-electron chi connectivity index (χ4n) is 10.6. The molecule has 3 aromatic carbocycles. The highest BCUT2D eigenvalue weighted by atomic mass is 35.6. The maximum absolute atomic E-state index is 16.0. The molecule has 6 unspecified atom stereocenters. The van der Waals surface area contributed by atoms with Crippen molar-refractivity contribution in [3.63, 3.8) is 0 Å². The van der Waals surface area contributed by atoms with Crippen molar-refractivity contribution in [1.82, 2.24) is 5.32 Å². The maximum atomic E-state index is 16.0. The third kappa shape index (κ3) is 9.76. The molecule has 20 heteroatoms. The van der Waals surface area contributed by atoms with Crippen molar-refractivity contribution in [1.29, 1.82) is 0 Å². The second-order valence-corrected chi connectivity index (χ2v) is 21.1. The number of hydrogen-bond acceptors (Lipinski definition) is 16. The zero-order valence-electron chi connectivity index (χ0n) is 38.9. The smallest absolute Gasteiger partial charge is 0.456 e. The van der Waals surface area contributed by atoms with E-state index in [1.54, 1.807) is 78.9 Å². The van der Waals surface area contributed by atoms with E-state index in [-0.39, 0.29) is 28.7 Å². The molecule has 3 aromatic rings. The number of rotatable bonds is 12. The average Bonchev–Trinajstić information content (AvgIpc) is 3.30. The van der Waals surface area contributed by atoms with Crippen molar-refractivity contribution in [3.8, 4) is 0 Å². The normalized spacial score (nSPS) is 29.7. The van der Waals surface area contributed by atoms with Gasteiger partial charge in [-0.15, -0.1) is 0 Å². The van der Waals surface area contributed by atoms with E-state index in [0.29, 0.717) is 5.56 Å². The van der Waals surface area contributed by atoms with Crippen LogP contribution in [-0.4, -0.2) is 117 Å². The van der Waals surface area contributed by atoms with E-state index in [9.17, 15) is 39.0 Å². The number of amides is 1. The maximum Gasteiger partial charge on any atom is 0.508 e. The number of aliphatic hydroxyl groups excluding tert-OH is 1. The van der Waals surface area contributed by atoms with Gasteiger partial charge in [-0.2, -0.15) is 0 Å². The zero-order valence-corrected chi connectivity index (χ0v) is 41.1. The van der Waals surface area contributed by atoms with E-state index in [2.05, 4.69) is 5.32 Å². The first-order chi connectivity index (χ1) is 32.9. The number of ether oxygens (including phenoxy) is 7. The summed E-state index contributed by atoms with van der Waals surface area (Å²) in [6, 6.07) is 22.5. The summed E-state index contributed by atoms with van der Waals surface area (Å²) in [4.78, 5) is 98.6. The van der Waals surface area contributed by atoms with Gasteiger partial charge in [0.25, 0.3) is 5.91 Å². The molecule has 3 aliphatic carbocycles. The number of nitrogens with one attached hydrogen (secondary N) is 1. The van der Waals surface area contributed by atoms with E-state index >= 15 is 4.79 Å². The molecule has 1 saturated heterocycles. The Balaban J connectivity index is 1.42. The number of benzene rings is 3. The van der Waals surface area contributed by atoms with Crippen LogP contribution < -0.4 is 5.32 Å². The highest BCUT2D eigenvalue weighted by Crippen LogP contribution is 2.65. The van der Waals surface area contributed by atoms with Gasteiger partial charge in [0.15, 0.2) is 23.6 Å². The minimum absolute atomic E-state index is 0.00279. The quantitative estimate of drug-likeness (QED) is 0.0785. The number of ketones is 1. The van der Waals surface area contributed by atoms with Gasteiger partial charge in [-0.25, -0.2) is 14.4 Å². The van der Waals surface area contributed by atoms with Crippen LogP contribution in [0.5, 0.6) is 0 Å². The Kier molecular flexibility index (Phi) is 14.9. The number of hydrogen-bond donors (Lipinski definition) is 3. The topological polar surface area (TPSA) is 237 Å². The minimum Gasteiger partial charge on any atom is -0.456 e. The van der Waals surface area contributed by atoms with Crippen molar-refractivity contribution in [2.24, 2.45) is 16.7 Å². The van der Waals surface area contributed by atoms with Crippen molar-refractivity contribution < 1.29 is 76.9 Å². The minimum atomic E-state index is -2.53. The summed E-state index contributed by atoms with van der Waals surface area (Å²) in [7, 11) is 0. The Morgan fingerprint density at radius 2 is 1.41 bits per heavy atom. The van der Waals surface area contributed by atoms with E-state index in [1.807, 2.05) is 0 Å². The molecule has 0 spiro atoms. The molecule has 3 fully saturated rings. The van der Waals surface area contributed by atoms with Crippen LogP contribution in [0.25, 0.3) is 0 Å². The Hall–Kier alpha value is -5.56. The molecule has 2 bridgehead atoms. The van der Waals surface area contributed by atoms with Gasteiger partial charge >= 0.3 is 30.0 Å². The van der Waals surface area contributed by atoms with Crippen LogP contribution in [0.3, 0.4) is 0 Å². The fourth-order valence-corrected chi connectivity index (χ4v) is 10.8. The largest absolute Gasteiger partial charge is 0.508 e. The number of aliphatic hydroxyl groups is 2. The van der Waals surface area contributed by atoms with Gasteiger partial charge in [0.2, 0.25) is 3.79 Å². The Labute approximate surface area is 417 Å². The number of halogens is 3. The average molecular weight is 1030 g/mol. The molecule has 17 nitrogen and oxygen atoms in total. The van der Waals surface area contributed by atoms with E-state index in [4.69, 9.17) is 68.0 Å². The number of esters is 4. The number of carbonyl (C=O) groups is 7. The fraction of sp³-hybridized carbons (Fsp3) is 0.460.